The maximum atomic E-state index is 11.8. The van der Waals surface area contributed by atoms with Crippen LogP contribution in [0, 0.1) is 13.8 Å². The monoisotopic (exact) mass is 288 g/mol. The highest BCUT2D eigenvalue weighted by atomic mass is 32.2. The molecule has 5 nitrogen and oxygen atoms in total. The molecule has 2 aromatic heterocycles. The number of carbonyl (C=O) groups is 1. The number of aryl methyl sites for hydroxylation is 2. The van der Waals surface area contributed by atoms with Crippen molar-refractivity contribution in [2.45, 2.75) is 25.5 Å². The van der Waals surface area contributed by atoms with Gasteiger partial charge in [0.05, 0.1) is 5.75 Å². The second-order valence-electron chi connectivity index (χ2n) is 4.35. The fraction of sp³-hybridized carbons (Fsp3) is 0.286. The zero-order chi connectivity index (χ0) is 14.4. The Bertz CT molecular complexity index is 569. The number of rotatable bonds is 5. The van der Waals surface area contributed by atoms with E-state index >= 15 is 0 Å². The molecule has 2 rings (SSSR count). The summed E-state index contributed by atoms with van der Waals surface area (Å²) in [6, 6.07) is 5.66. The Balaban J connectivity index is 1.80. The van der Waals surface area contributed by atoms with Crippen LogP contribution in [0.5, 0.6) is 0 Å². The fourth-order valence-electron chi connectivity index (χ4n) is 1.64. The summed E-state index contributed by atoms with van der Waals surface area (Å²) in [5.41, 5.74) is 2.86. The van der Waals surface area contributed by atoms with Gasteiger partial charge in [-0.2, -0.15) is 0 Å². The Kier molecular flexibility index (Phi) is 5.06. The van der Waals surface area contributed by atoms with E-state index in [1.54, 1.807) is 12.4 Å². The second kappa shape index (κ2) is 7.00. The Labute approximate surface area is 122 Å². The lowest BCUT2D eigenvalue weighted by Crippen LogP contribution is -2.24. The van der Waals surface area contributed by atoms with Crippen molar-refractivity contribution < 1.29 is 4.79 Å². The highest BCUT2D eigenvalue weighted by Crippen LogP contribution is 2.13. The normalized spacial score (nSPS) is 10.3. The van der Waals surface area contributed by atoms with E-state index in [0.717, 1.165) is 17.0 Å². The first-order chi connectivity index (χ1) is 9.63. The highest BCUT2D eigenvalue weighted by Gasteiger charge is 2.06. The number of aromatic nitrogens is 3. The zero-order valence-electron chi connectivity index (χ0n) is 11.5. The number of hydrogen-bond donors (Lipinski definition) is 1. The standard InChI is InChI=1S/C14H16N4OS/c1-10-7-11(2)18-14(17-10)20-9-13(19)16-8-12-3-5-15-6-4-12/h3-7H,8-9H2,1-2H3,(H,16,19). The summed E-state index contributed by atoms with van der Waals surface area (Å²) in [6.07, 6.45) is 3.42. The van der Waals surface area contributed by atoms with Crippen LogP contribution >= 0.6 is 11.8 Å². The van der Waals surface area contributed by atoms with Gasteiger partial charge in [0.25, 0.3) is 0 Å². The molecule has 20 heavy (non-hydrogen) atoms. The van der Waals surface area contributed by atoms with Crippen LogP contribution in [0.1, 0.15) is 17.0 Å². The first kappa shape index (κ1) is 14.5. The molecule has 0 fully saturated rings. The largest absolute Gasteiger partial charge is 0.351 e. The van der Waals surface area contributed by atoms with Crippen molar-refractivity contribution in [3.8, 4) is 0 Å². The Morgan fingerprint density at radius 2 is 1.85 bits per heavy atom. The van der Waals surface area contributed by atoms with E-state index in [2.05, 4.69) is 20.3 Å². The molecule has 0 atom stereocenters. The van der Waals surface area contributed by atoms with Gasteiger partial charge >= 0.3 is 0 Å². The van der Waals surface area contributed by atoms with Gasteiger partial charge in [-0.25, -0.2) is 9.97 Å². The van der Waals surface area contributed by atoms with Gasteiger partial charge in [-0.1, -0.05) is 11.8 Å². The molecular formula is C14H16N4OS. The van der Waals surface area contributed by atoms with Gasteiger partial charge in [0.1, 0.15) is 0 Å². The lowest BCUT2D eigenvalue weighted by molar-refractivity contribution is -0.118. The van der Waals surface area contributed by atoms with Crippen molar-refractivity contribution in [1.29, 1.82) is 0 Å². The molecule has 0 saturated carbocycles. The smallest absolute Gasteiger partial charge is 0.230 e. The summed E-state index contributed by atoms with van der Waals surface area (Å²) in [6.45, 7) is 4.35. The van der Waals surface area contributed by atoms with Crippen LogP contribution in [0.25, 0.3) is 0 Å². The Morgan fingerprint density at radius 1 is 1.20 bits per heavy atom. The summed E-state index contributed by atoms with van der Waals surface area (Å²) in [4.78, 5) is 24.3. The third-order valence-corrected chi connectivity index (χ3v) is 3.38. The number of thioether (sulfide) groups is 1. The lowest BCUT2D eigenvalue weighted by atomic mass is 10.3. The van der Waals surface area contributed by atoms with Crippen LogP contribution in [0.4, 0.5) is 0 Å². The minimum absolute atomic E-state index is 0.0328. The third kappa shape index (κ3) is 4.62. The first-order valence-electron chi connectivity index (χ1n) is 6.24. The van der Waals surface area contributed by atoms with Crippen molar-refractivity contribution in [2.75, 3.05) is 5.75 Å². The second-order valence-corrected chi connectivity index (χ2v) is 5.30. The van der Waals surface area contributed by atoms with Crippen LogP contribution in [0.15, 0.2) is 35.7 Å². The van der Waals surface area contributed by atoms with Gasteiger partial charge in [0, 0.05) is 30.3 Å². The molecule has 2 heterocycles. The van der Waals surface area contributed by atoms with Gasteiger partial charge in [-0.15, -0.1) is 0 Å². The SMILES string of the molecule is Cc1cc(C)nc(SCC(=O)NCc2ccncc2)n1. The van der Waals surface area contributed by atoms with Crippen molar-refractivity contribution in [1.82, 2.24) is 20.3 Å². The van der Waals surface area contributed by atoms with Crippen LogP contribution in [-0.4, -0.2) is 26.6 Å². The molecule has 0 saturated heterocycles. The minimum atomic E-state index is -0.0328. The zero-order valence-corrected chi connectivity index (χ0v) is 12.3. The fourth-order valence-corrected chi connectivity index (χ4v) is 2.42. The van der Waals surface area contributed by atoms with Crippen molar-refractivity contribution >= 4 is 17.7 Å². The Hall–Kier alpha value is -1.95. The van der Waals surface area contributed by atoms with Gasteiger partial charge in [0.15, 0.2) is 5.16 Å². The summed E-state index contributed by atoms with van der Waals surface area (Å²) in [5, 5.41) is 3.50. The molecule has 0 aromatic carbocycles. The van der Waals surface area contributed by atoms with Crippen LogP contribution in [-0.2, 0) is 11.3 Å². The lowest BCUT2D eigenvalue weighted by Gasteiger charge is -2.05. The predicted octanol–water partition coefficient (Wildman–Crippen LogP) is 1.90. The molecule has 0 aliphatic rings. The molecule has 104 valence electrons. The average molecular weight is 288 g/mol. The number of pyridine rings is 1. The summed E-state index contributed by atoms with van der Waals surface area (Å²) in [5.74, 6) is 0.281. The van der Waals surface area contributed by atoms with Crippen molar-refractivity contribution in [3.05, 3.63) is 47.5 Å². The molecule has 1 N–H and O–H groups in total. The summed E-state index contributed by atoms with van der Waals surface area (Å²) < 4.78 is 0. The number of carbonyl (C=O) groups excluding carboxylic acids is 1. The van der Waals surface area contributed by atoms with Crippen LogP contribution in [0.3, 0.4) is 0 Å². The molecule has 0 unspecified atom stereocenters. The molecular weight excluding hydrogens is 272 g/mol. The van der Waals surface area contributed by atoms with E-state index in [9.17, 15) is 4.79 Å². The van der Waals surface area contributed by atoms with E-state index in [1.165, 1.54) is 11.8 Å². The topological polar surface area (TPSA) is 67.8 Å². The number of amides is 1. The Morgan fingerprint density at radius 3 is 2.50 bits per heavy atom. The molecule has 0 radical (unpaired) electrons. The average Bonchev–Trinajstić information content (AvgIpc) is 2.43. The highest BCUT2D eigenvalue weighted by molar-refractivity contribution is 7.99. The van der Waals surface area contributed by atoms with Gasteiger partial charge in [0.2, 0.25) is 5.91 Å². The molecule has 6 heteroatoms. The van der Waals surface area contributed by atoms with E-state index in [4.69, 9.17) is 0 Å². The van der Waals surface area contributed by atoms with Crippen molar-refractivity contribution in [2.24, 2.45) is 0 Å². The van der Waals surface area contributed by atoms with Gasteiger partial charge in [-0.05, 0) is 37.6 Å². The predicted molar refractivity (Wildman–Crippen MR) is 78.3 cm³/mol. The maximum Gasteiger partial charge on any atom is 0.230 e. The first-order valence-corrected chi connectivity index (χ1v) is 7.23. The number of nitrogens with one attached hydrogen (secondary N) is 1. The van der Waals surface area contributed by atoms with E-state index in [1.807, 2.05) is 32.0 Å². The number of hydrogen-bond acceptors (Lipinski definition) is 5. The summed E-state index contributed by atoms with van der Waals surface area (Å²) >= 11 is 1.35. The molecule has 2 aromatic rings. The number of nitrogens with zero attached hydrogens (tertiary/aromatic N) is 3. The summed E-state index contributed by atoms with van der Waals surface area (Å²) in [7, 11) is 0. The molecule has 0 bridgehead atoms. The minimum Gasteiger partial charge on any atom is -0.351 e. The van der Waals surface area contributed by atoms with Gasteiger partial charge in [-0.3, -0.25) is 9.78 Å². The van der Waals surface area contributed by atoms with Crippen molar-refractivity contribution in [3.63, 3.8) is 0 Å². The molecule has 1 amide bonds. The van der Waals surface area contributed by atoms with Crippen LogP contribution < -0.4 is 5.32 Å². The molecule has 0 aliphatic carbocycles. The molecule has 0 spiro atoms. The van der Waals surface area contributed by atoms with E-state index < -0.39 is 0 Å². The molecule has 0 aliphatic heterocycles. The van der Waals surface area contributed by atoms with Crippen LogP contribution in [0.2, 0.25) is 0 Å². The van der Waals surface area contributed by atoms with Gasteiger partial charge < -0.3 is 5.32 Å². The van der Waals surface area contributed by atoms with E-state index in [-0.39, 0.29) is 5.91 Å². The third-order valence-electron chi connectivity index (χ3n) is 2.53. The quantitative estimate of drug-likeness (QED) is 0.672. The van der Waals surface area contributed by atoms with E-state index in [0.29, 0.717) is 17.5 Å². The maximum absolute atomic E-state index is 11.8.